The first-order valence-electron chi connectivity index (χ1n) is 10.4. The molecule has 7 nitrogen and oxygen atoms in total. The van der Waals surface area contributed by atoms with Gasteiger partial charge in [-0.2, -0.15) is 0 Å². The Morgan fingerprint density at radius 3 is 2.59 bits per heavy atom. The van der Waals surface area contributed by atoms with Crippen molar-refractivity contribution in [3.63, 3.8) is 0 Å². The molecule has 0 saturated carbocycles. The van der Waals surface area contributed by atoms with Crippen molar-refractivity contribution < 1.29 is 9.53 Å². The molecule has 2 aliphatic heterocycles. The van der Waals surface area contributed by atoms with Crippen molar-refractivity contribution in [3.8, 4) is 0 Å². The minimum absolute atomic E-state index is 0. The summed E-state index contributed by atoms with van der Waals surface area (Å²) in [6.07, 6.45) is 2.59. The molecule has 162 valence electrons. The molecule has 0 aromatic heterocycles. The van der Waals surface area contributed by atoms with Gasteiger partial charge in [0, 0.05) is 57.9 Å². The van der Waals surface area contributed by atoms with Crippen molar-refractivity contribution in [1.82, 2.24) is 15.1 Å². The van der Waals surface area contributed by atoms with Crippen molar-refractivity contribution in [2.75, 3.05) is 51.8 Å². The second-order valence-electron chi connectivity index (χ2n) is 7.43. The first-order valence-corrected chi connectivity index (χ1v) is 10.4. The average Bonchev–Trinajstić information content (AvgIpc) is 3.21. The number of carbonyl (C=O) groups is 1. The zero-order valence-electron chi connectivity index (χ0n) is 17.5. The smallest absolute Gasteiger partial charge is 0.224 e. The van der Waals surface area contributed by atoms with Gasteiger partial charge in [0.15, 0.2) is 5.96 Å². The molecule has 1 aromatic carbocycles. The number of likely N-dealkylation sites (tertiary alicyclic amines) is 1. The summed E-state index contributed by atoms with van der Waals surface area (Å²) >= 11 is 0. The molecule has 2 saturated heterocycles. The molecule has 8 heteroatoms. The van der Waals surface area contributed by atoms with Crippen LogP contribution in [0.3, 0.4) is 0 Å². The summed E-state index contributed by atoms with van der Waals surface area (Å²) in [6, 6.07) is 8.59. The first kappa shape index (κ1) is 23.9. The quantitative estimate of drug-likeness (QED) is 0.346. The summed E-state index contributed by atoms with van der Waals surface area (Å²) in [4.78, 5) is 21.0. The fraction of sp³-hybridized carbons (Fsp3) is 0.619. The topological polar surface area (TPSA) is 69.2 Å². The minimum atomic E-state index is 0. The number of ether oxygens (including phenoxy) is 1. The Hall–Kier alpha value is -1.39. The number of morpholine rings is 1. The number of anilines is 1. The molecule has 1 amide bonds. The molecule has 3 rings (SSSR count). The predicted molar refractivity (Wildman–Crippen MR) is 128 cm³/mol. The monoisotopic (exact) mass is 515 g/mol. The Morgan fingerprint density at radius 2 is 1.93 bits per heavy atom. The third-order valence-electron chi connectivity index (χ3n) is 5.40. The van der Waals surface area contributed by atoms with E-state index >= 15 is 0 Å². The van der Waals surface area contributed by atoms with Gasteiger partial charge in [-0.05, 0) is 30.5 Å². The minimum Gasteiger partial charge on any atom is -0.379 e. The van der Waals surface area contributed by atoms with Crippen LogP contribution in [0.1, 0.15) is 31.7 Å². The van der Waals surface area contributed by atoms with Crippen LogP contribution < -0.4 is 10.6 Å². The van der Waals surface area contributed by atoms with E-state index in [1.165, 1.54) is 12.0 Å². The molecule has 29 heavy (non-hydrogen) atoms. The molecule has 0 aliphatic carbocycles. The third kappa shape index (κ3) is 7.11. The van der Waals surface area contributed by atoms with Crippen LogP contribution in [-0.2, 0) is 16.1 Å². The van der Waals surface area contributed by atoms with E-state index in [0.717, 1.165) is 57.5 Å². The van der Waals surface area contributed by atoms with Gasteiger partial charge in [-0.15, -0.1) is 24.0 Å². The summed E-state index contributed by atoms with van der Waals surface area (Å²) in [7, 11) is 1.84. The van der Waals surface area contributed by atoms with Crippen molar-refractivity contribution in [2.45, 2.75) is 38.8 Å². The van der Waals surface area contributed by atoms with Crippen molar-refractivity contribution >= 4 is 41.5 Å². The zero-order valence-corrected chi connectivity index (χ0v) is 19.9. The standard InChI is InChI=1S/C21H33N5O2.HI/c1-3-4-20(27)24-18-7-5-17(6-8-18)15-23-21(22-2)26-10-9-19(16-26)25-11-13-28-14-12-25;/h5-8,19H,3-4,9-16H2,1-2H3,(H,22,23)(H,24,27);1H. The molecule has 2 fully saturated rings. The van der Waals surface area contributed by atoms with Gasteiger partial charge in [0.05, 0.1) is 13.2 Å². The number of nitrogens with one attached hydrogen (secondary N) is 2. The molecule has 1 atom stereocenters. The summed E-state index contributed by atoms with van der Waals surface area (Å²) in [5.41, 5.74) is 2.01. The van der Waals surface area contributed by atoms with E-state index in [9.17, 15) is 4.79 Å². The Kier molecular flexibility index (Phi) is 10.2. The lowest BCUT2D eigenvalue weighted by Crippen LogP contribution is -2.46. The van der Waals surface area contributed by atoms with Gasteiger partial charge in [-0.3, -0.25) is 14.7 Å². The number of halogens is 1. The van der Waals surface area contributed by atoms with Crippen LogP contribution in [0.5, 0.6) is 0 Å². The van der Waals surface area contributed by atoms with Crippen LogP contribution in [0.4, 0.5) is 5.69 Å². The van der Waals surface area contributed by atoms with Crippen molar-refractivity contribution in [2.24, 2.45) is 4.99 Å². The van der Waals surface area contributed by atoms with Gasteiger partial charge >= 0.3 is 0 Å². The normalized spacial score (nSPS) is 20.3. The van der Waals surface area contributed by atoms with E-state index < -0.39 is 0 Å². The van der Waals surface area contributed by atoms with E-state index in [1.54, 1.807) is 0 Å². The fourth-order valence-electron chi connectivity index (χ4n) is 3.84. The lowest BCUT2D eigenvalue weighted by molar-refractivity contribution is -0.116. The summed E-state index contributed by atoms with van der Waals surface area (Å²) < 4.78 is 5.47. The highest BCUT2D eigenvalue weighted by atomic mass is 127. The van der Waals surface area contributed by atoms with Crippen LogP contribution in [0, 0.1) is 0 Å². The Bertz CT molecular complexity index is 662. The van der Waals surface area contributed by atoms with Crippen LogP contribution in [-0.4, -0.2) is 74.1 Å². The van der Waals surface area contributed by atoms with E-state index in [1.807, 2.05) is 38.2 Å². The number of amides is 1. The van der Waals surface area contributed by atoms with Crippen molar-refractivity contribution in [3.05, 3.63) is 29.8 Å². The molecule has 0 spiro atoms. The Morgan fingerprint density at radius 1 is 1.21 bits per heavy atom. The first-order chi connectivity index (χ1) is 13.7. The molecule has 2 heterocycles. The maximum atomic E-state index is 11.7. The lowest BCUT2D eigenvalue weighted by Gasteiger charge is -2.32. The third-order valence-corrected chi connectivity index (χ3v) is 5.40. The molecule has 0 bridgehead atoms. The maximum Gasteiger partial charge on any atom is 0.224 e. The molecular weight excluding hydrogens is 481 g/mol. The average molecular weight is 515 g/mol. The highest BCUT2D eigenvalue weighted by molar-refractivity contribution is 14.0. The fourth-order valence-corrected chi connectivity index (χ4v) is 3.84. The Labute approximate surface area is 191 Å². The van der Waals surface area contributed by atoms with E-state index in [0.29, 0.717) is 19.0 Å². The molecule has 1 aromatic rings. The number of benzene rings is 1. The van der Waals surface area contributed by atoms with E-state index in [4.69, 9.17) is 4.74 Å². The number of guanidine groups is 1. The van der Waals surface area contributed by atoms with Crippen LogP contribution in [0.25, 0.3) is 0 Å². The van der Waals surface area contributed by atoms with Crippen LogP contribution in [0.2, 0.25) is 0 Å². The molecular formula is C21H34IN5O2. The number of nitrogens with zero attached hydrogens (tertiary/aromatic N) is 3. The zero-order chi connectivity index (χ0) is 19.8. The molecule has 0 radical (unpaired) electrons. The molecule has 2 N–H and O–H groups in total. The predicted octanol–water partition coefficient (Wildman–Crippen LogP) is 2.53. The van der Waals surface area contributed by atoms with E-state index in [2.05, 4.69) is 25.4 Å². The number of carbonyl (C=O) groups excluding carboxylic acids is 1. The molecule has 2 aliphatic rings. The van der Waals surface area contributed by atoms with Crippen molar-refractivity contribution in [1.29, 1.82) is 0 Å². The number of rotatable bonds is 6. The summed E-state index contributed by atoms with van der Waals surface area (Å²) in [5.74, 6) is 1.02. The lowest BCUT2D eigenvalue weighted by atomic mass is 10.2. The van der Waals surface area contributed by atoms with Gasteiger partial charge in [0.1, 0.15) is 0 Å². The number of hydrogen-bond acceptors (Lipinski definition) is 4. The second kappa shape index (κ2) is 12.3. The van der Waals surface area contributed by atoms with Gasteiger partial charge in [0.25, 0.3) is 0 Å². The van der Waals surface area contributed by atoms with E-state index in [-0.39, 0.29) is 29.9 Å². The van der Waals surface area contributed by atoms with Crippen LogP contribution in [0.15, 0.2) is 29.3 Å². The maximum absolute atomic E-state index is 11.7. The van der Waals surface area contributed by atoms with Gasteiger partial charge in [-0.25, -0.2) is 0 Å². The number of hydrogen-bond donors (Lipinski definition) is 2. The highest BCUT2D eigenvalue weighted by Gasteiger charge is 2.30. The largest absolute Gasteiger partial charge is 0.379 e. The van der Waals surface area contributed by atoms with Gasteiger partial charge in [0.2, 0.25) is 5.91 Å². The van der Waals surface area contributed by atoms with Gasteiger partial charge < -0.3 is 20.3 Å². The Balaban J connectivity index is 0.00000300. The number of aliphatic imine (C=N–C) groups is 1. The van der Waals surface area contributed by atoms with Crippen LogP contribution >= 0.6 is 24.0 Å². The highest BCUT2D eigenvalue weighted by Crippen LogP contribution is 2.17. The van der Waals surface area contributed by atoms with Gasteiger partial charge in [-0.1, -0.05) is 19.1 Å². The summed E-state index contributed by atoms with van der Waals surface area (Å²) in [5, 5.41) is 6.40. The summed E-state index contributed by atoms with van der Waals surface area (Å²) in [6.45, 7) is 8.53. The second-order valence-corrected chi connectivity index (χ2v) is 7.43. The molecule has 1 unspecified atom stereocenters. The SMILES string of the molecule is CCCC(=O)Nc1ccc(CNC(=NC)N2CCC(N3CCOCC3)C2)cc1.I.